The highest BCUT2D eigenvalue weighted by atomic mass is 16.6. The highest BCUT2D eigenvalue weighted by molar-refractivity contribution is 5.91. The number of hydrogen-bond acceptors (Lipinski definition) is 5. The maximum atomic E-state index is 11.8. The zero-order valence-electron chi connectivity index (χ0n) is 15.2. The van der Waals surface area contributed by atoms with Gasteiger partial charge in [0.25, 0.3) is 0 Å². The highest BCUT2D eigenvalue weighted by Gasteiger charge is 2.57. The van der Waals surface area contributed by atoms with Gasteiger partial charge in [-0.2, -0.15) is 0 Å². The average Bonchev–Trinajstić information content (AvgIpc) is 2.89. The van der Waals surface area contributed by atoms with Gasteiger partial charge in [-0.1, -0.05) is 32.1 Å². The molecule has 1 heterocycles. The number of allylic oxidation sites excluding steroid dienone is 2. The Morgan fingerprint density at radius 2 is 2.04 bits per heavy atom. The van der Waals surface area contributed by atoms with Gasteiger partial charge in [0.15, 0.2) is 0 Å². The van der Waals surface area contributed by atoms with E-state index in [4.69, 9.17) is 4.74 Å². The van der Waals surface area contributed by atoms with Crippen LogP contribution in [0.15, 0.2) is 23.8 Å². The van der Waals surface area contributed by atoms with Crippen molar-refractivity contribution in [1.29, 1.82) is 0 Å². The molecule has 0 bridgehead atoms. The van der Waals surface area contributed by atoms with E-state index in [1.54, 1.807) is 0 Å². The molecule has 3 N–H and O–H groups in total. The largest absolute Gasteiger partial charge is 0.459 e. The molecular formula is C20H30O5. The number of hydrogen-bond donors (Lipinski definition) is 3. The second kappa shape index (κ2) is 6.53. The molecule has 1 saturated heterocycles. The van der Waals surface area contributed by atoms with E-state index in [9.17, 15) is 20.1 Å². The van der Waals surface area contributed by atoms with Crippen LogP contribution < -0.4 is 0 Å². The van der Waals surface area contributed by atoms with Gasteiger partial charge >= 0.3 is 5.97 Å². The van der Waals surface area contributed by atoms with Gasteiger partial charge in [0, 0.05) is 5.41 Å². The minimum atomic E-state index is -0.844. The first kappa shape index (κ1) is 18.6. The Kier molecular flexibility index (Phi) is 4.86. The zero-order chi connectivity index (χ0) is 18.4. The van der Waals surface area contributed by atoms with Crippen LogP contribution in [0.2, 0.25) is 0 Å². The van der Waals surface area contributed by atoms with E-state index in [1.165, 1.54) is 0 Å². The van der Waals surface area contributed by atoms with Crippen LogP contribution >= 0.6 is 0 Å². The van der Waals surface area contributed by atoms with E-state index in [0.29, 0.717) is 18.4 Å². The monoisotopic (exact) mass is 350 g/mol. The number of fused-ring (bicyclic) bond motifs is 1. The van der Waals surface area contributed by atoms with Crippen molar-refractivity contribution in [3.63, 3.8) is 0 Å². The molecule has 3 rings (SSSR count). The van der Waals surface area contributed by atoms with Crippen molar-refractivity contribution in [1.82, 2.24) is 0 Å². The topological polar surface area (TPSA) is 87.0 Å². The van der Waals surface area contributed by atoms with Gasteiger partial charge in [0.05, 0.1) is 18.3 Å². The third kappa shape index (κ3) is 2.86. The zero-order valence-corrected chi connectivity index (χ0v) is 15.2. The Bertz CT molecular complexity index is 597. The van der Waals surface area contributed by atoms with Gasteiger partial charge in [-0.3, -0.25) is 0 Å². The minimum absolute atomic E-state index is 0.0280. The first-order valence-corrected chi connectivity index (χ1v) is 9.26. The molecular weight excluding hydrogens is 320 g/mol. The van der Waals surface area contributed by atoms with Crippen LogP contribution in [0.5, 0.6) is 0 Å². The van der Waals surface area contributed by atoms with Gasteiger partial charge in [-0.15, -0.1) is 0 Å². The van der Waals surface area contributed by atoms with Crippen LogP contribution in [0.1, 0.15) is 46.0 Å². The molecule has 0 aromatic rings. The summed E-state index contributed by atoms with van der Waals surface area (Å²) in [5.41, 5.74) is 0.911. The van der Waals surface area contributed by atoms with Crippen molar-refractivity contribution in [2.45, 2.75) is 58.2 Å². The molecule has 0 unspecified atom stereocenters. The van der Waals surface area contributed by atoms with Gasteiger partial charge in [0.2, 0.25) is 0 Å². The standard InChI is InChI=1S/C20H30O5/c1-12-4-7-16-19(2,9-8-17(23)20(16,3)11-21)14(12)6-5-13-15(22)10-25-18(13)24/h5,14-17,21-23H,1,4,6-11H2,2-3H3/b13-5+/t14-,15+,16+,17-,19-,20-/m1/s1. The third-order valence-corrected chi connectivity index (χ3v) is 7.23. The highest BCUT2D eigenvalue weighted by Crippen LogP contribution is 2.61. The first-order chi connectivity index (χ1) is 11.7. The second-order valence-corrected chi connectivity index (χ2v) is 8.54. The summed E-state index contributed by atoms with van der Waals surface area (Å²) in [6.07, 6.45) is 4.42. The predicted octanol–water partition coefficient (Wildman–Crippen LogP) is 1.96. The molecule has 6 atom stereocenters. The van der Waals surface area contributed by atoms with Gasteiger partial charge in [-0.25, -0.2) is 4.79 Å². The average molecular weight is 350 g/mol. The number of carbonyl (C=O) groups is 1. The Labute approximate surface area is 149 Å². The molecule has 2 saturated carbocycles. The normalized spacial score (nSPS) is 46.2. The molecule has 0 aromatic heterocycles. The number of esters is 1. The van der Waals surface area contributed by atoms with E-state index in [0.717, 1.165) is 24.8 Å². The summed E-state index contributed by atoms with van der Waals surface area (Å²) in [5.74, 6) is -0.0734. The van der Waals surface area contributed by atoms with Crippen molar-refractivity contribution in [3.05, 3.63) is 23.8 Å². The van der Waals surface area contributed by atoms with Crippen LogP contribution in [-0.2, 0) is 9.53 Å². The lowest BCUT2D eigenvalue weighted by atomic mass is 9.46. The van der Waals surface area contributed by atoms with Gasteiger partial charge in [0.1, 0.15) is 12.7 Å². The molecule has 3 fully saturated rings. The van der Waals surface area contributed by atoms with E-state index >= 15 is 0 Å². The maximum absolute atomic E-state index is 11.8. The Morgan fingerprint density at radius 1 is 1.32 bits per heavy atom. The fourth-order valence-electron chi connectivity index (χ4n) is 5.56. The Morgan fingerprint density at radius 3 is 2.64 bits per heavy atom. The lowest BCUT2D eigenvalue weighted by Crippen LogP contribution is -2.57. The molecule has 2 aliphatic carbocycles. The quantitative estimate of drug-likeness (QED) is 0.411. The summed E-state index contributed by atoms with van der Waals surface area (Å²) >= 11 is 0. The lowest BCUT2D eigenvalue weighted by Gasteiger charge is -2.59. The number of aliphatic hydroxyl groups is 3. The third-order valence-electron chi connectivity index (χ3n) is 7.23. The van der Waals surface area contributed by atoms with Crippen molar-refractivity contribution in [2.75, 3.05) is 13.2 Å². The summed E-state index contributed by atoms with van der Waals surface area (Å²) in [6.45, 7) is 8.50. The van der Waals surface area contributed by atoms with E-state index in [-0.39, 0.29) is 30.5 Å². The number of cyclic esters (lactones) is 1. The summed E-state index contributed by atoms with van der Waals surface area (Å²) in [6, 6.07) is 0. The SMILES string of the molecule is C=C1CC[C@H]2[C@](C)(CC[C@@H](O)[C@]2(C)CO)[C@@H]1C/C=C1/C(=O)OC[C@@H]1O. The molecule has 25 heavy (non-hydrogen) atoms. The van der Waals surface area contributed by atoms with E-state index in [2.05, 4.69) is 13.5 Å². The second-order valence-electron chi connectivity index (χ2n) is 8.54. The predicted molar refractivity (Wildman–Crippen MR) is 93.6 cm³/mol. The summed E-state index contributed by atoms with van der Waals surface area (Å²) in [7, 11) is 0. The molecule has 0 amide bonds. The van der Waals surface area contributed by atoms with Crippen molar-refractivity contribution in [3.8, 4) is 0 Å². The fraction of sp³-hybridized carbons (Fsp3) is 0.750. The summed E-state index contributed by atoms with van der Waals surface area (Å²) in [5, 5.41) is 30.4. The number of ether oxygens (including phenoxy) is 1. The van der Waals surface area contributed by atoms with Crippen molar-refractivity contribution >= 4 is 5.97 Å². The number of rotatable bonds is 3. The van der Waals surface area contributed by atoms with Gasteiger partial charge < -0.3 is 20.1 Å². The molecule has 5 heteroatoms. The smallest absolute Gasteiger partial charge is 0.336 e. The summed E-state index contributed by atoms with van der Waals surface area (Å²) in [4.78, 5) is 11.8. The molecule has 5 nitrogen and oxygen atoms in total. The fourth-order valence-corrected chi connectivity index (χ4v) is 5.56. The molecule has 3 aliphatic rings. The Hall–Kier alpha value is -1.17. The molecule has 0 spiro atoms. The van der Waals surface area contributed by atoms with Crippen LogP contribution in [0.25, 0.3) is 0 Å². The van der Waals surface area contributed by atoms with Crippen LogP contribution in [0.3, 0.4) is 0 Å². The van der Waals surface area contributed by atoms with Crippen LogP contribution in [-0.4, -0.2) is 46.7 Å². The molecule has 1 aliphatic heterocycles. The van der Waals surface area contributed by atoms with E-state index < -0.39 is 23.6 Å². The molecule has 140 valence electrons. The van der Waals surface area contributed by atoms with Crippen molar-refractivity contribution < 1.29 is 24.9 Å². The number of carbonyl (C=O) groups excluding carboxylic acids is 1. The van der Waals surface area contributed by atoms with Crippen molar-refractivity contribution in [2.24, 2.45) is 22.7 Å². The van der Waals surface area contributed by atoms with Crippen LogP contribution in [0.4, 0.5) is 0 Å². The minimum Gasteiger partial charge on any atom is -0.459 e. The van der Waals surface area contributed by atoms with E-state index in [1.807, 2.05) is 13.0 Å². The summed E-state index contributed by atoms with van der Waals surface area (Å²) < 4.78 is 4.90. The molecule has 0 aromatic carbocycles. The Balaban J connectivity index is 1.89. The lowest BCUT2D eigenvalue weighted by molar-refractivity contribution is -0.151. The van der Waals surface area contributed by atoms with Gasteiger partial charge in [-0.05, 0) is 49.4 Å². The van der Waals surface area contributed by atoms with Crippen LogP contribution in [0, 0.1) is 22.7 Å². The number of aliphatic hydroxyl groups excluding tert-OH is 3. The first-order valence-electron chi connectivity index (χ1n) is 9.26. The maximum Gasteiger partial charge on any atom is 0.336 e. The molecule has 0 radical (unpaired) electrons.